The second-order valence-electron chi connectivity index (χ2n) is 7.22. The molecular weight excluding hydrogens is 396 g/mol. The van der Waals surface area contributed by atoms with E-state index in [1.165, 1.54) is 0 Å². The van der Waals surface area contributed by atoms with Crippen LogP contribution in [-0.2, 0) is 14.3 Å². The Kier molecular flexibility index (Phi) is 9.55. The normalized spacial score (nSPS) is 11.3. The summed E-state index contributed by atoms with van der Waals surface area (Å²) >= 11 is 0. The van der Waals surface area contributed by atoms with Gasteiger partial charge in [-0.05, 0) is 55.7 Å². The van der Waals surface area contributed by atoms with Crippen LogP contribution in [0, 0.1) is 6.92 Å². The van der Waals surface area contributed by atoms with Crippen LogP contribution in [-0.4, -0.2) is 37.5 Å². The predicted molar refractivity (Wildman–Crippen MR) is 118 cm³/mol. The van der Waals surface area contributed by atoms with Crippen LogP contribution < -0.4 is 15.4 Å². The highest BCUT2D eigenvalue weighted by Gasteiger charge is 2.14. The molecule has 2 amide bonds. The number of benzene rings is 2. The van der Waals surface area contributed by atoms with Crippen molar-refractivity contribution in [2.45, 2.75) is 39.7 Å². The fourth-order valence-electron chi connectivity index (χ4n) is 2.92. The number of hydrogen-bond donors (Lipinski definition) is 2. The molecular formula is C24H30N2O5. The molecule has 0 saturated carbocycles. The van der Waals surface area contributed by atoms with E-state index in [1.807, 2.05) is 38.1 Å². The fourth-order valence-corrected chi connectivity index (χ4v) is 2.92. The molecule has 0 bridgehead atoms. The van der Waals surface area contributed by atoms with E-state index in [4.69, 9.17) is 9.47 Å². The molecule has 2 aromatic carbocycles. The third-order valence-corrected chi connectivity index (χ3v) is 4.67. The highest BCUT2D eigenvalue weighted by molar-refractivity contribution is 5.96. The minimum Gasteiger partial charge on any atom is -0.494 e. The quantitative estimate of drug-likeness (QED) is 0.425. The Hall–Kier alpha value is -3.35. The Morgan fingerprint density at radius 2 is 1.74 bits per heavy atom. The Morgan fingerprint density at radius 3 is 2.42 bits per heavy atom. The molecule has 0 aromatic heterocycles. The van der Waals surface area contributed by atoms with E-state index in [2.05, 4.69) is 17.6 Å². The number of unbranched alkanes of at least 4 members (excludes halogenated alkanes) is 1. The molecule has 1 atom stereocenters. The van der Waals surface area contributed by atoms with Crippen LogP contribution in [0.5, 0.6) is 5.75 Å². The van der Waals surface area contributed by atoms with Crippen molar-refractivity contribution < 1.29 is 23.9 Å². The van der Waals surface area contributed by atoms with Gasteiger partial charge in [0.05, 0.1) is 12.6 Å². The highest BCUT2D eigenvalue weighted by Crippen LogP contribution is 2.16. The maximum atomic E-state index is 12.2. The van der Waals surface area contributed by atoms with Crippen molar-refractivity contribution in [1.29, 1.82) is 0 Å². The molecule has 0 saturated heterocycles. The minimum absolute atomic E-state index is 0.207. The van der Waals surface area contributed by atoms with Crippen LogP contribution in [0.3, 0.4) is 0 Å². The smallest absolute Gasteiger partial charge is 0.325 e. The molecule has 0 aliphatic rings. The van der Waals surface area contributed by atoms with Crippen LogP contribution in [0.4, 0.5) is 0 Å². The standard InChI is InChI=1S/C24H30N2O5/c1-4-5-14-30-20-12-10-19(11-13-20)24(29)25-15-23(28)31-16-22(27)26-18(3)21-9-7-6-8-17(21)2/h6-13,18H,4-5,14-16H2,1-3H3,(H,25,29)(H,26,27). The largest absolute Gasteiger partial charge is 0.494 e. The first-order valence-corrected chi connectivity index (χ1v) is 10.4. The van der Waals surface area contributed by atoms with Gasteiger partial charge in [-0.3, -0.25) is 14.4 Å². The predicted octanol–water partition coefficient (Wildman–Crippen LogP) is 3.32. The molecule has 0 fully saturated rings. The lowest BCUT2D eigenvalue weighted by atomic mass is 10.0. The molecule has 31 heavy (non-hydrogen) atoms. The van der Waals surface area contributed by atoms with Crippen molar-refractivity contribution in [3.05, 3.63) is 65.2 Å². The van der Waals surface area contributed by atoms with Crippen LogP contribution in [0.1, 0.15) is 54.2 Å². The third kappa shape index (κ3) is 8.12. The Bertz CT molecular complexity index is 880. The van der Waals surface area contributed by atoms with Crippen molar-refractivity contribution in [1.82, 2.24) is 10.6 Å². The zero-order chi connectivity index (χ0) is 22.6. The Labute approximate surface area is 183 Å². The van der Waals surface area contributed by atoms with Gasteiger partial charge in [0.1, 0.15) is 12.3 Å². The van der Waals surface area contributed by atoms with Gasteiger partial charge in [0.2, 0.25) is 0 Å². The van der Waals surface area contributed by atoms with Gasteiger partial charge in [0, 0.05) is 5.56 Å². The summed E-state index contributed by atoms with van der Waals surface area (Å²) in [5.74, 6) is -0.814. The molecule has 166 valence electrons. The first-order chi connectivity index (χ1) is 14.9. The van der Waals surface area contributed by atoms with Crippen LogP contribution >= 0.6 is 0 Å². The molecule has 0 heterocycles. The van der Waals surface area contributed by atoms with E-state index in [9.17, 15) is 14.4 Å². The number of aryl methyl sites for hydroxylation is 1. The van der Waals surface area contributed by atoms with E-state index in [0.29, 0.717) is 17.9 Å². The molecule has 2 rings (SSSR count). The second kappa shape index (κ2) is 12.4. The van der Waals surface area contributed by atoms with Gasteiger partial charge in [0.25, 0.3) is 11.8 Å². The zero-order valence-corrected chi connectivity index (χ0v) is 18.3. The van der Waals surface area contributed by atoms with Gasteiger partial charge >= 0.3 is 5.97 Å². The summed E-state index contributed by atoms with van der Waals surface area (Å²) < 4.78 is 10.5. The molecule has 0 spiro atoms. The van der Waals surface area contributed by atoms with Crippen molar-refractivity contribution in [3.8, 4) is 5.75 Å². The lowest BCUT2D eigenvalue weighted by Gasteiger charge is -2.16. The number of rotatable bonds is 11. The molecule has 7 heteroatoms. The Morgan fingerprint density at radius 1 is 1.03 bits per heavy atom. The van der Waals surface area contributed by atoms with Gasteiger partial charge in [-0.25, -0.2) is 0 Å². The van der Waals surface area contributed by atoms with E-state index in [1.54, 1.807) is 24.3 Å². The topological polar surface area (TPSA) is 93.7 Å². The fraction of sp³-hybridized carbons (Fsp3) is 0.375. The summed E-state index contributed by atoms with van der Waals surface area (Å²) in [7, 11) is 0. The summed E-state index contributed by atoms with van der Waals surface area (Å²) in [5.41, 5.74) is 2.47. The average Bonchev–Trinajstić information content (AvgIpc) is 2.77. The van der Waals surface area contributed by atoms with Crippen molar-refractivity contribution in [3.63, 3.8) is 0 Å². The molecule has 1 unspecified atom stereocenters. The van der Waals surface area contributed by atoms with Crippen molar-refractivity contribution in [2.75, 3.05) is 19.8 Å². The molecule has 2 N–H and O–H groups in total. The molecule has 0 aliphatic carbocycles. The van der Waals surface area contributed by atoms with Gasteiger partial charge in [0.15, 0.2) is 6.61 Å². The van der Waals surface area contributed by atoms with Gasteiger partial charge < -0.3 is 20.1 Å². The first-order valence-electron chi connectivity index (χ1n) is 10.4. The van der Waals surface area contributed by atoms with Crippen molar-refractivity contribution >= 4 is 17.8 Å². The summed E-state index contributed by atoms with van der Waals surface area (Å²) in [6.07, 6.45) is 2.01. The maximum Gasteiger partial charge on any atom is 0.325 e. The molecule has 0 radical (unpaired) electrons. The molecule has 7 nitrogen and oxygen atoms in total. The molecule has 0 aliphatic heterocycles. The molecule has 2 aromatic rings. The number of amides is 2. The second-order valence-corrected chi connectivity index (χ2v) is 7.22. The number of ether oxygens (including phenoxy) is 2. The van der Waals surface area contributed by atoms with E-state index >= 15 is 0 Å². The number of carbonyl (C=O) groups excluding carboxylic acids is 3. The zero-order valence-electron chi connectivity index (χ0n) is 18.3. The minimum atomic E-state index is -0.688. The highest BCUT2D eigenvalue weighted by atomic mass is 16.5. The first kappa shape index (κ1) is 23.9. The number of carbonyl (C=O) groups is 3. The lowest BCUT2D eigenvalue weighted by Crippen LogP contribution is -2.34. The number of esters is 1. The maximum absolute atomic E-state index is 12.2. The lowest BCUT2D eigenvalue weighted by molar-refractivity contribution is -0.147. The van der Waals surface area contributed by atoms with Gasteiger partial charge in [-0.2, -0.15) is 0 Å². The van der Waals surface area contributed by atoms with Gasteiger partial charge in [-0.1, -0.05) is 37.6 Å². The summed E-state index contributed by atoms with van der Waals surface area (Å²) in [6.45, 7) is 5.81. The van der Waals surface area contributed by atoms with Crippen LogP contribution in [0.2, 0.25) is 0 Å². The summed E-state index contributed by atoms with van der Waals surface area (Å²) in [5, 5.41) is 5.27. The number of nitrogens with one attached hydrogen (secondary N) is 2. The van der Waals surface area contributed by atoms with Crippen LogP contribution in [0.25, 0.3) is 0 Å². The number of hydrogen-bond acceptors (Lipinski definition) is 5. The monoisotopic (exact) mass is 426 g/mol. The third-order valence-electron chi connectivity index (χ3n) is 4.67. The average molecular weight is 427 g/mol. The summed E-state index contributed by atoms with van der Waals surface area (Å²) in [4.78, 5) is 36.1. The van der Waals surface area contributed by atoms with E-state index in [0.717, 1.165) is 24.0 Å². The Balaban J connectivity index is 1.70. The van der Waals surface area contributed by atoms with Gasteiger partial charge in [-0.15, -0.1) is 0 Å². The summed E-state index contributed by atoms with van der Waals surface area (Å²) in [6, 6.07) is 14.2. The van der Waals surface area contributed by atoms with Crippen molar-refractivity contribution in [2.24, 2.45) is 0 Å². The van der Waals surface area contributed by atoms with E-state index < -0.39 is 24.4 Å². The van der Waals surface area contributed by atoms with Crippen LogP contribution in [0.15, 0.2) is 48.5 Å². The SMILES string of the molecule is CCCCOc1ccc(C(=O)NCC(=O)OCC(=O)NC(C)c2ccccc2C)cc1. The van der Waals surface area contributed by atoms with E-state index in [-0.39, 0.29) is 12.6 Å².